The molecule has 1 rings (SSSR count). The third-order valence-corrected chi connectivity index (χ3v) is 1.72. The Labute approximate surface area is 61.5 Å². The third-order valence-electron chi connectivity index (χ3n) is 1.72. The molecule has 3 nitrogen and oxygen atoms in total. The summed E-state index contributed by atoms with van der Waals surface area (Å²) >= 11 is 0. The van der Waals surface area contributed by atoms with E-state index >= 15 is 0 Å². The van der Waals surface area contributed by atoms with E-state index in [0.29, 0.717) is 5.84 Å². The van der Waals surface area contributed by atoms with Gasteiger partial charge in [-0.15, -0.1) is 0 Å². The summed E-state index contributed by atoms with van der Waals surface area (Å²) in [7, 11) is 0. The van der Waals surface area contributed by atoms with Crippen LogP contribution in [-0.2, 0) is 4.74 Å². The summed E-state index contributed by atoms with van der Waals surface area (Å²) in [5.41, 5.74) is 0. The summed E-state index contributed by atoms with van der Waals surface area (Å²) in [5, 5.41) is 7.35. The van der Waals surface area contributed by atoms with E-state index in [4.69, 9.17) is 10.1 Å². The minimum atomic E-state index is 0.286. The highest BCUT2D eigenvalue weighted by Gasteiger charge is 2.15. The molecule has 1 saturated heterocycles. The Bertz CT molecular complexity index is 136. The molecular weight excluding hydrogens is 128 g/mol. The van der Waals surface area contributed by atoms with E-state index in [1.807, 2.05) is 18.7 Å². The van der Waals surface area contributed by atoms with Crippen LogP contribution in [0.4, 0.5) is 0 Å². The summed E-state index contributed by atoms with van der Waals surface area (Å²) in [4.78, 5) is 2.04. The van der Waals surface area contributed by atoms with E-state index in [1.165, 1.54) is 0 Å². The molecule has 0 aromatic rings. The molecule has 1 atom stereocenters. The molecule has 1 unspecified atom stereocenters. The van der Waals surface area contributed by atoms with Crippen LogP contribution in [0.25, 0.3) is 0 Å². The van der Waals surface area contributed by atoms with Crippen LogP contribution in [0.1, 0.15) is 13.8 Å². The van der Waals surface area contributed by atoms with Crippen molar-refractivity contribution in [1.29, 1.82) is 5.41 Å². The van der Waals surface area contributed by atoms with Gasteiger partial charge < -0.3 is 9.64 Å². The van der Waals surface area contributed by atoms with Crippen molar-refractivity contribution in [3.05, 3.63) is 0 Å². The van der Waals surface area contributed by atoms with Gasteiger partial charge >= 0.3 is 0 Å². The average Bonchev–Trinajstić information content (AvgIpc) is 1.88. The van der Waals surface area contributed by atoms with Gasteiger partial charge in [0.15, 0.2) is 0 Å². The number of ether oxygens (including phenoxy) is 1. The highest BCUT2D eigenvalue weighted by molar-refractivity contribution is 5.76. The van der Waals surface area contributed by atoms with Crippen molar-refractivity contribution in [1.82, 2.24) is 4.90 Å². The minimum absolute atomic E-state index is 0.286. The quantitative estimate of drug-likeness (QED) is 0.399. The summed E-state index contributed by atoms with van der Waals surface area (Å²) in [5.74, 6) is 0.648. The minimum Gasteiger partial charge on any atom is -0.375 e. The first-order valence-electron chi connectivity index (χ1n) is 3.62. The Morgan fingerprint density at radius 3 is 2.80 bits per heavy atom. The standard InChI is InChI=1S/C7H14N2O/c1-6-5-9(7(2)8)3-4-10-6/h6,8H,3-5H2,1-2H3. The predicted octanol–water partition coefficient (Wildman–Crippen LogP) is 0.704. The monoisotopic (exact) mass is 142 g/mol. The van der Waals surface area contributed by atoms with Gasteiger partial charge in [-0.3, -0.25) is 5.41 Å². The molecule has 0 aromatic carbocycles. The van der Waals surface area contributed by atoms with Gasteiger partial charge in [0.1, 0.15) is 0 Å². The van der Waals surface area contributed by atoms with E-state index in [-0.39, 0.29) is 6.10 Å². The van der Waals surface area contributed by atoms with Gasteiger partial charge in [-0.25, -0.2) is 0 Å². The Morgan fingerprint density at radius 2 is 2.40 bits per heavy atom. The zero-order valence-electron chi connectivity index (χ0n) is 6.55. The lowest BCUT2D eigenvalue weighted by Gasteiger charge is -2.31. The van der Waals surface area contributed by atoms with Crippen LogP contribution in [0.3, 0.4) is 0 Å². The molecule has 0 aliphatic carbocycles. The molecule has 1 aliphatic heterocycles. The first-order valence-corrected chi connectivity index (χ1v) is 3.62. The number of amidine groups is 1. The second kappa shape index (κ2) is 3.01. The van der Waals surface area contributed by atoms with Crippen molar-refractivity contribution in [2.24, 2.45) is 0 Å². The van der Waals surface area contributed by atoms with Crippen molar-refractivity contribution in [3.63, 3.8) is 0 Å². The van der Waals surface area contributed by atoms with E-state index in [2.05, 4.69) is 0 Å². The molecule has 0 aromatic heterocycles. The summed E-state index contributed by atoms with van der Waals surface area (Å²) in [6, 6.07) is 0. The fourth-order valence-electron chi connectivity index (χ4n) is 1.12. The van der Waals surface area contributed by atoms with Gasteiger partial charge in [-0.1, -0.05) is 0 Å². The Hall–Kier alpha value is -0.570. The average molecular weight is 142 g/mol. The van der Waals surface area contributed by atoms with Crippen molar-refractivity contribution >= 4 is 5.84 Å². The largest absolute Gasteiger partial charge is 0.375 e. The number of nitrogens with one attached hydrogen (secondary N) is 1. The number of hydrogen-bond donors (Lipinski definition) is 1. The lowest BCUT2D eigenvalue weighted by Crippen LogP contribution is -2.43. The SMILES string of the molecule is CC(=N)N1CCOC(C)C1. The number of morpholine rings is 1. The molecule has 1 fully saturated rings. The molecule has 3 heteroatoms. The fraction of sp³-hybridized carbons (Fsp3) is 0.857. The first-order chi connectivity index (χ1) is 4.70. The molecule has 0 radical (unpaired) electrons. The molecule has 0 saturated carbocycles. The van der Waals surface area contributed by atoms with Gasteiger partial charge in [-0.2, -0.15) is 0 Å². The molecule has 58 valence electrons. The number of nitrogens with zero attached hydrogens (tertiary/aromatic N) is 1. The third kappa shape index (κ3) is 1.70. The maximum atomic E-state index is 7.35. The van der Waals surface area contributed by atoms with Gasteiger partial charge in [0.25, 0.3) is 0 Å². The molecule has 1 N–H and O–H groups in total. The molecular formula is C7H14N2O. The topological polar surface area (TPSA) is 36.3 Å². The summed E-state index contributed by atoms with van der Waals surface area (Å²) in [6.07, 6.45) is 0.286. The lowest BCUT2D eigenvalue weighted by molar-refractivity contribution is 0.00534. The predicted molar refractivity (Wildman–Crippen MR) is 40.4 cm³/mol. The number of hydrogen-bond acceptors (Lipinski definition) is 2. The second-order valence-corrected chi connectivity index (χ2v) is 2.71. The molecule has 1 aliphatic rings. The maximum Gasteiger partial charge on any atom is 0.0927 e. The van der Waals surface area contributed by atoms with E-state index in [9.17, 15) is 0 Å². The summed E-state index contributed by atoms with van der Waals surface area (Å²) < 4.78 is 5.32. The van der Waals surface area contributed by atoms with E-state index in [1.54, 1.807) is 0 Å². The van der Waals surface area contributed by atoms with Gasteiger partial charge in [-0.05, 0) is 13.8 Å². The van der Waals surface area contributed by atoms with E-state index in [0.717, 1.165) is 19.7 Å². The van der Waals surface area contributed by atoms with Crippen LogP contribution in [0.15, 0.2) is 0 Å². The van der Waals surface area contributed by atoms with Gasteiger partial charge in [0.05, 0.1) is 18.5 Å². The zero-order chi connectivity index (χ0) is 7.56. The normalized spacial score (nSPS) is 26.6. The molecule has 0 amide bonds. The smallest absolute Gasteiger partial charge is 0.0927 e. The first kappa shape index (κ1) is 7.54. The Balaban J connectivity index is 2.39. The van der Waals surface area contributed by atoms with Crippen LogP contribution in [0, 0.1) is 5.41 Å². The second-order valence-electron chi connectivity index (χ2n) is 2.71. The van der Waals surface area contributed by atoms with Crippen LogP contribution < -0.4 is 0 Å². The van der Waals surface area contributed by atoms with E-state index < -0.39 is 0 Å². The Morgan fingerprint density at radius 1 is 1.70 bits per heavy atom. The van der Waals surface area contributed by atoms with Crippen LogP contribution >= 0.6 is 0 Å². The van der Waals surface area contributed by atoms with Crippen molar-refractivity contribution in [3.8, 4) is 0 Å². The Kier molecular flexibility index (Phi) is 2.27. The highest BCUT2D eigenvalue weighted by Crippen LogP contribution is 2.03. The lowest BCUT2D eigenvalue weighted by atomic mass is 10.3. The van der Waals surface area contributed by atoms with Crippen molar-refractivity contribution in [2.75, 3.05) is 19.7 Å². The molecule has 10 heavy (non-hydrogen) atoms. The van der Waals surface area contributed by atoms with Crippen LogP contribution in [0.2, 0.25) is 0 Å². The number of rotatable bonds is 0. The maximum absolute atomic E-state index is 7.35. The fourth-order valence-corrected chi connectivity index (χ4v) is 1.12. The molecule has 1 heterocycles. The zero-order valence-corrected chi connectivity index (χ0v) is 6.55. The molecule has 0 spiro atoms. The van der Waals surface area contributed by atoms with Crippen molar-refractivity contribution < 1.29 is 4.74 Å². The van der Waals surface area contributed by atoms with Crippen LogP contribution in [-0.4, -0.2) is 36.5 Å². The molecule has 0 bridgehead atoms. The highest BCUT2D eigenvalue weighted by atomic mass is 16.5. The van der Waals surface area contributed by atoms with Crippen molar-refractivity contribution in [2.45, 2.75) is 20.0 Å². The van der Waals surface area contributed by atoms with Gasteiger partial charge in [0.2, 0.25) is 0 Å². The summed E-state index contributed by atoms with van der Waals surface area (Å²) in [6.45, 7) is 6.36. The van der Waals surface area contributed by atoms with Gasteiger partial charge in [0, 0.05) is 13.1 Å². The van der Waals surface area contributed by atoms with Crippen LogP contribution in [0.5, 0.6) is 0 Å².